The third kappa shape index (κ3) is 4.35. The van der Waals surface area contributed by atoms with E-state index >= 15 is 0 Å². The van der Waals surface area contributed by atoms with Crippen LogP contribution < -0.4 is 19.7 Å². The molecule has 1 aromatic carbocycles. The van der Waals surface area contributed by atoms with Crippen molar-refractivity contribution < 1.29 is 13.2 Å². The Morgan fingerprint density at radius 3 is 2.65 bits per heavy atom. The van der Waals surface area contributed by atoms with Gasteiger partial charge in [0.15, 0.2) is 5.11 Å². The van der Waals surface area contributed by atoms with Crippen LogP contribution in [0.1, 0.15) is 23.3 Å². The molecule has 2 atom stereocenters. The summed E-state index contributed by atoms with van der Waals surface area (Å²) in [6, 6.07) is 12.8. The molecule has 0 saturated carbocycles. The maximum absolute atomic E-state index is 11.9. The van der Waals surface area contributed by atoms with Gasteiger partial charge in [-0.05, 0) is 54.2 Å². The molecule has 8 nitrogen and oxygen atoms in total. The Labute approximate surface area is 186 Å². The van der Waals surface area contributed by atoms with Crippen molar-refractivity contribution in [3.8, 4) is 5.75 Å². The van der Waals surface area contributed by atoms with Gasteiger partial charge in [-0.1, -0.05) is 6.07 Å². The van der Waals surface area contributed by atoms with Crippen LogP contribution in [-0.2, 0) is 17.1 Å². The molecule has 1 saturated heterocycles. The van der Waals surface area contributed by atoms with Gasteiger partial charge in [0, 0.05) is 31.3 Å². The Hall–Kier alpha value is -3.11. The summed E-state index contributed by atoms with van der Waals surface area (Å²) in [7, 11) is -0.0315. The predicted octanol–water partition coefficient (Wildman–Crippen LogP) is 2.98. The van der Waals surface area contributed by atoms with Gasteiger partial charge in [0.05, 0.1) is 36.8 Å². The number of rotatable bonds is 6. The second-order valence-corrected chi connectivity index (χ2v) is 9.50. The fourth-order valence-corrected chi connectivity index (χ4v) is 4.70. The molecule has 0 spiro atoms. The van der Waals surface area contributed by atoms with Gasteiger partial charge in [-0.2, -0.15) is 0 Å². The number of aryl methyl sites for hydroxylation is 1. The lowest BCUT2D eigenvalue weighted by molar-refractivity contribution is 0.417. The van der Waals surface area contributed by atoms with E-state index in [1.165, 1.54) is 7.11 Å². The van der Waals surface area contributed by atoms with Crippen molar-refractivity contribution in [2.24, 2.45) is 7.05 Å². The van der Waals surface area contributed by atoms with Crippen LogP contribution in [0.25, 0.3) is 0 Å². The molecule has 0 aliphatic carbocycles. The molecule has 3 aromatic rings. The third-order valence-corrected chi connectivity index (χ3v) is 5.96. The highest BCUT2D eigenvalue weighted by atomic mass is 32.2. The fourth-order valence-electron chi connectivity index (χ4n) is 3.80. The van der Waals surface area contributed by atoms with Crippen molar-refractivity contribution in [3.63, 3.8) is 0 Å². The number of pyridine rings is 1. The third-order valence-electron chi connectivity index (χ3n) is 5.05. The number of benzene rings is 1. The molecule has 31 heavy (non-hydrogen) atoms. The van der Waals surface area contributed by atoms with E-state index in [0.717, 1.165) is 23.2 Å². The van der Waals surface area contributed by atoms with Crippen LogP contribution in [0.3, 0.4) is 0 Å². The molecule has 1 aliphatic heterocycles. The Bertz CT molecular complexity index is 1210. The first-order chi connectivity index (χ1) is 14.8. The number of sulfonamides is 1. The van der Waals surface area contributed by atoms with Crippen molar-refractivity contribution in [2.75, 3.05) is 23.0 Å². The summed E-state index contributed by atoms with van der Waals surface area (Å²) < 4.78 is 33.6. The molecule has 3 heterocycles. The Morgan fingerprint density at radius 2 is 2.03 bits per heavy atom. The molecule has 1 fully saturated rings. The minimum Gasteiger partial charge on any atom is -0.495 e. The van der Waals surface area contributed by atoms with Crippen molar-refractivity contribution >= 4 is 38.7 Å². The van der Waals surface area contributed by atoms with Gasteiger partial charge < -0.3 is 19.5 Å². The maximum atomic E-state index is 11.9. The van der Waals surface area contributed by atoms with E-state index in [9.17, 15) is 8.42 Å². The minimum atomic E-state index is -3.49. The number of thiocarbonyl (C=S) groups is 1. The maximum Gasteiger partial charge on any atom is 0.229 e. The summed E-state index contributed by atoms with van der Waals surface area (Å²) in [5.41, 5.74) is 3.00. The number of nitrogens with one attached hydrogen (secondary N) is 2. The van der Waals surface area contributed by atoms with Crippen LogP contribution in [0.2, 0.25) is 0 Å². The standard InChI is InChI=1S/C21H23N5O3S2/c1-25-11-9-14(13-25)20-19(16-6-4-5-10-22-16)23-21(30)26(20)15-7-8-18(29-2)17(12-15)24-31(3,27)28/h4-13,19-20,24H,1-3H3,(H,23,30)/t19-,20+/m1/s1. The van der Waals surface area contributed by atoms with Crippen LogP contribution in [0.5, 0.6) is 5.75 Å². The number of methoxy groups -OCH3 is 1. The number of hydrogen-bond donors (Lipinski definition) is 2. The number of ether oxygens (including phenoxy) is 1. The van der Waals surface area contributed by atoms with Gasteiger partial charge in [0.1, 0.15) is 5.75 Å². The zero-order valence-electron chi connectivity index (χ0n) is 17.3. The van der Waals surface area contributed by atoms with Crippen LogP contribution in [0, 0.1) is 0 Å². The van der Waals surface area contributed by atoms with Crippen molar-refractivity contribution in [2.45, 2.75) is 12.1 Å². The highest BCUT2D eigenvalue weighted by molar-refractivity contribution is 7.92. The molecule has 0 unspecified atom stereocenters. The first-order valence-corrected chi connectivity index (χ1v) is 11.8. The quantitative estimate of drug-likeness (QED) is 0.550. The monoisotopic (exact) mass is 457 g/mol. The first-order valence-electron chi connectivity index (χ1n) is 9.55. The Morgan fingerprint density at radius 1 is 1.23 bits per heavy atom. The summed E-state index contributed by atoms with van der Waals surface area (Å²) >= 11 is 5.71. The second-order valence-electron chi connectivity index (χ2n) is 7.37. The fraction of sp³-hybridized carbons (Fsp3) is 0.238. The molecular formula is C21H23N5O3S2. The summed E-state index contributed by atoms with van der Waals surface area (Å²) in [4.78, 5) is 6.52. The van der Waals surface area contributed by atoms with Crippen molar-refractivity contribution in [1.82, 2.24) is 14.9 Å². The lowest BCUT2D eigenvalue weighted by Gasteiger charge is -2.28. The molecule has 4 rings (SSSR count). The molecule has 162 valence electrons. The smallest absolute Gasteiger partial charge is 0.229 e. The molecule has 0 bridgehead atoms. The van der Waals surface area contributed by atoms with E-state index in [-0.39, 0.29) is 12.1 Å². The van der Waals surface area contributed by atoms with E-state index in [1.807, 2.05) is 59.2 Å². The van der Waals surface area contributed by atoms with Gasteiger partial charge in [-0.25, -0.2) is 8.42 Å². The van der Waals surface area contributed by atoms with Gasteiger partial charge >= 0.3 is 0 Å². The number of nitrogens with zero attached hydrogens (tertiary/aromatic N) is 3. The minimum absolute atomic E-state index is 0.176. The Kier molecular flexibility index (Phi) is 5.59. The molecule has 2 aromatic heterocycles. The molecule has 0 radical (unpaired) electrons. The highest BCUT2D eigenvalue weighted by Crippen LogP contribution is 2.43. The van der Waals surface area contributed by atoms with E-state index in [1.54, 1.807) is 18.3 Å². The normalized spacial score (nSPS) is 18.7. The average molecular weight is 458 g/mol. The number of aromatic nitrogens is 2. The SMILES string of the molecule is COc1ccc(N2C(=S)N[C@H](c3ccccn3)[C@@H]2c2ccn(C)c2)cc1NS(C)(=O)=O. The average Bonchev–Trinajstić information content (AvgIpc) is 3.30. The lowest BCUT2D eigenvalue weighted by Crippen LogP contribution is -2.29. The van der Waals surface area contributed by atoms with Crippen molar-refractivity contribution in [1.29, 1.82) is 0 Å². The molecule has 2 N–H and O–H groups in total. The van der Waals surface area contributed by atoms with Gasteiger partial charge in [-0.3, -0.25) is 9.71 Å². The van der Waals surface area contributed by atoms with Crippen LogP contribution in [-0.4, -0.2) is 36.4 Å². The zero-order valence-corrected chi connectivity index (χ0v) is 18.9. The van der Waals surface area contributed by atoms with Crippen molar-refractivity contribution in [3.05, 3.63) is 72.3 Å². The number of anilines is 2. The molecular weight excluding hydrogens is 434 g/mol. The van der Waals surface area contributed by atoms with Crippen LogP contribution in [0.4, 0.5) is 11.4 Å². The zero-order chi connectivity index (χ0) is 22.2. The van der Waals surface area contributed by atoms with E-state index in [2.05, 4.69) is 15.0 Å². The van der Waals surface area contributed by atoms with E-state index in [4.69, 9.17) is 17.0 Å². The van der Waals surface area contributed by atoms with Gasteiger partial charge in [-0.15, -0.1) is 0 Å². The van der Waals surface area contributed by atoms with Crippen LogP contribution in [0.15, 0.2) is 61.1 Å². The van der Waals surface area contributed by atoms with Gasteiger partial charge in [0.25, 0.3) is 0 Å². The van der Waals surface area contributed by atoms with Crippen LogP contribution >= 0.6 is 12.2 Å². The Balaban J connectivity index is 1.82. The highest BCUT2D eigenvalue weighted by Gasteiger charge is 2.41. The summed E-state index contributed by atoms with van der Waals surface area (Å²) in [5.74, 6) is 0.421. The predicted molar refractivity (Wildman–Crippen MR) is 125 cm³/mol. The molecule has 0 amide bonds. The molecule has 1 aliphatic rings. The van der Waals surface area contributed by atoms with E-state index < -0.39 is 10.0 Å². The summed E-state index contributed by atoms with van der Waals surface area (Å²) in [6.07, 6.45) is 6.88. The first kappa shape index (κ1) is 21.1. The summed E-state index contributed by atoms with van der Waals surface area (Å²) in [5, 5.41) is 3.92. The van der Waals surface area contributed by atoms with E-state index in [0.29, 0.717) is 16.5 Å². The van der Waals surface area contributed by atoms with Gasteiger partial charge in [0.2, 0.25) is 10.0 Å². The molecule has 10 heteroatoms. The topological polar surface area (TPSA) is 88.5 Å². The number of hydrogen-bond acceptors (Lipinski definition) is 5. The lowest BCUT2D eigenvalue weighted by atomic mass is 9.98. The summed E-state index contributed by atoms with van der Waals surface area (Å²) in [6.45, 7) is 0. The second kappa shape index (κ2) is 8.20. The largest absolute Gasteiger partial charge is 0.495 e.